The molecule has 138 valence electrons. The van der Waals surface area contributed by atoms with Gasteiger partial charge in [-0.3, -0.25) is 0 Å². The summed E-state index contributed by atoms with van der Waals surface area (Å²) < 4.78 is 11.2. The van der Waals surface area contributed by atoms with Crippen LogP contribution in [-0.4, -0.2) is 56.0 Å². The number of likely N-dealkylation sites (N-methyl/N-ethyl adjacent to an activating group) is 1. The highest BCUT2D eigenvalue weighted by Crippen LogP contribution is 2.28. The van der Waals surface area contributed by atoms with Crippen molar-refractivity contribution in [3.8, 4) is 11.5 Å². The molecule has 1 atom stereocenters. The molecule has 1 aromatic carbocycles. The number of benzene rings is 1. The van der Waals surface area contributed by atoms with E-state index in [2.05, 4.69) is 31.0 Å². The summed E-state index contributed by atoms with van der Waals surface area (Å²) in [5, 5.41) is 13.5. The fourth-order valence-electron chi connectivity index (χ4n) is 2.26. The van der Waals surface area contributed by atoms with Crippen molar-refractivity contribution in [3.05, 3.63) is 23.8 Å². The van der Waals surface area contributed by atoms with Gasteiger partial charge in [-0.05, 0) is 51.6 Å². The van der Waals surface area contributed by atoms with Gasteiger partial charge < -0.3 is 24.8 Å². The molecule has 0 aliphatic heterocycles. The van der Waals surface area contributed by atoms with Gasteiger partial charge in [0.05, 0.1) is 7.11 Å². The second-order valence-electron chi connectivity index (χ2n) is 6.51. The standard InChI is InChI=1S/C19H34N2O3/c1-6-7-10-20-12-16-8-9-18(19(11-16)23-5)24-14-17(22)13-21(4)15(2)3/h8-9,11,15,17,20,22H,6-7,10,12-14H2,1-5H3/t17-/m1/s1. The monoisotopic (exact) mass is 338 g/mol. The smallest absolute Gasteiger partial charge is 0.161 e. The van der Waals surface area contributed by atoms with Gasteiger partial charge in [0, 0.05) is 19.1 Å². The van der Waals surface area contributed by atoms with Crippen LogP contribution in [0.2, 0.25) is 0 Å². The number of unbranched alkanes of at least 4 members (excludes halogenated alkanes) is 1. The highest BCUT2D eigenvalue weighted by Gasteiger charge is 2.13. The number of methoxy groups -OCH3 is 1. The van der Waals surface area contributed by atoms with Gasteiger partial charge in [0.25, 0.3) is 0 Å². The summed E-state index contributed by atoms with van der Waals surface area (Å²) in [5.74, 6) is 1.37. The van der Waals surface area contributed by atoms with E-state index in [1.807, 2.05) is 25.2 Å². The minimum absolute atomic E-state index is 0.252. The maximum atomic E-state index is 10.1. The summed E-state index contributed by atoms with van der Waals surface area (Å²) in [6, 6.07) is 6.33. The summed E-state index contributed by atoms with van der Waals surface area (Å²) >= 11 is 0. The van der Waals surface area contributed by atoms with Crippen LogP contribution in [0.3, 0.4) is 0 Å². The molecular formula is C19H34N2O3. The first-order valence-corrected chi connectivity index (χ1v) is 8.86. The summed E-state index contributed by atoms with van der Waals surface area (Å²) in [7, 11) is 3.63. The number of aliphatic hydroxyl groups excluding tert-OH is 1. The van der Waals surface area contributed by atoms with Gasteiger partial charge in [-0.1, -0.05) is 19.4 Å². The van der Waals surface area contributed by atoms with E-state index in [9.17, 15) is 5.11 Å². The molecule has 0 aliphatic rings. The highest BCUT2D eigenvalue weighted by atomic mass is 16.5. The topological polar surface area (TPSA) is 54.0 Å². The predicted molar refractivity (Wildman–Crippen MR) is 98.9 cm³/mol. The molecule has 0 fully saturated rings. The van der Waals surface area contributed by atoms with E-state index in [1.54, 1.807) is 7.11 Å². The Kier molecular flexibility index (Phi) is 9.76. The molecule has 1 rings (SSSR count). The first kappa shape index (κ1) is 20.7. The Bertz CT molecular complexity index is 466. The van der Waals surface area contributed by atoms with Crippen molar-refractivity contribution in [2.24, 2.45) is 0 Å². The van der Waals surface area contributed by atoms with E-state index in [0.717, 1.165) is 18.7 Å². The lowest BCUT2D eigenvalue weighted by molar-refractivity contribution is 0.0668. The van der Waals surface area contributed by atoms with Crippen molar-refractivity contribution in [3.63, 3.8) is 0 Å². The first-order chi connectivity index (χ1) is 11.5. The van der Waals surface area contributed by atoms with Crippen LogP contribution in [0.15, 0.2) is 18.2 Å². The van der Waals surface area contributed by atoms with Crippen molar-refractivity contribution < 1.29 is 14.6 Å². The quantitative estimate of drug-likeness (QED) is 0.574. The zero-order valence-electron chi connectivity index (χ0n) is 15.8. The number of aliphatic hydroxyl groups is 1. The van der Waals surface area contributed by atoms with E-state index in [1.165, 1.54) is 12.8 Å². The zero-order valence-corrected chi connectivity index (χ0v) is 15.8. The molecule has 0 heterocycles. The molecule has 2 N–H and O–H groups in total. The molecule has 0 saturated heterocycles. The average Bonchev–Trinajstić information content (AvgIpc) is 2.57. The maximum Gasteiger partial charge on any atom is 0.161 e. The Morgan fingerprint density at radius 2 is 2.00 bits per heavy atom. The van der Waals surface area contributed by atoms with Crippen LogP contribution >= 0.6 is 0 Å². The van der Waals surface area contributed by atoms with Crippen molar-refractivity contribution in [1.29, 1.82) is 0 Å². The van der Waals surface area contributed by atoms with Crippen LogP contribution in [0, 0.1) is 0 Å². The molecule has 0 spiro atoms. The van der Waals surface area contributed by atoms with Crippen LogP contribution in [-0.2, 0) is 6.54 Å². The molecule has 5 heteroatoms. The van der Waals surface area contributed by atoms with E-state index in [0.29, 0.717) is 24.1 Å². The van der Waals surface area contributed by atoms with Crippen molar-refractivity contribution in [1.82, 2.24) is 10.2 Å². The minimum Gasteiger partial charge on any atom is -0.493 e. The molecule has 0 aromatic heterocycles. The molecular weight excluding hydrogens is 304 g/mol. The number of nitrogens with one attached hydrogen (secondary N) is 1. The highest BCUT2D eigenvalue weighted by molar-refractivity contribution is 5.43. The molecule has 24 heavy (non-hydrogen) atoms. The number of ether oxygens (including phenoxy) is 2. The van der Waals surface area contributed by atoms with Gasteiger partial charge >= 0.3 is 0 Å². The van der Waals surface area contributed by atoms with Crippen LogP contribution in [0.4, 0.5) is 0 Å². The number of hydrogen-bond donors (Lipinski definition) is 2. The molecule has 0 saturated carbocycles. The predicted octanol–water partition coefficient (Wildman–Crippen LogP) is 2.66. The summed E-state index contributed by atoms with van der Waals surface area (Å²) in [5.41, 5.74) is 1.16. The fourth-order valence-corrected chi connectivity index (χ4v) is 2.26. The van der Waals surface area contributed by atoms with Crippen LogP contribution in [0.1, 0.15) is 39.2 Å². The summed E-state index contributed by atoms with van der Waals surface area (Å²) in [6.07, 6.45) is 1.84. The lowest BCUT2D eigenvalue weighted by Gasteiger charge is -2.24. The SMILES string of the molecule is CCCCNCc1ccc(OC[C@H](O)CN(C)C(C)C)c(OC)c1. The Morgan fingerprint density at radius 1 is 1.25 bits per heavy atom. The third kappa shape index (κ3) is 7.51. The van der Waals surface area contributed by atoms with Crippen molar-refractivity contribution >= 4 is 0 Å². The lowest BCUT2D eigenvalue weighted by atomic mass is 10.2. The molecule has 0 amide bonds. The van der Waals surface area contributed by atoms with E-state index in [-0.39, 0.29) is 6.61 Å². The van der Waals surface area contributed by atoms with E-state index >= 15 is 0 Å². The van der Waals surface area contributed by atoms with E-state index in [4.69, 9.17) is 9.47 Å². The Labute approximate surface area is 147 Å². The minimum atomic E-state index is -0.530. The van der Waals surface area contributed by atoms with Crippen LogP contribution < -0.4 is 14.8 Å². The maximum absolute atomic E-state index is 10.1. The van der Waals surface area contributed by atoms with E-state index < -0.39 is 6.10 Å². The lowest BCUT2D eigenvalue weighted by Crippen LogP contribution is -2.36. The third-order valence-corrected chi connectivity index (χ3v) is 4.08. The number of nitrogens with zero attached hydrogens (tertiary/aromatic N) is 1. The van der Waals surface area contributed by atoms with Crippen LogP contribution in [0.25, 0.3) is 0 Å². The Balaban J connectivity index is 2.52. The van der Waals surface area contributed by atoms with Gasteiger partial charge in [-0.2, -0.15) is 0 Å². The number of rotatable bonds is 12. The molecule has 0 bridgehead atoms. The largest absolute Gasteiger partial charge is 0.493 e. The van der Waals surface area contributed by atoms with Gasteiger partial charge in [0.2, 0.25) is 0 Å². The third-order valence-electron chi connectivity index (χ3n) is 4.08. The second-order valence-corrected chi connectivity index (χ2v) is 6.51. The molecule has 0 unspecified atom stereocenters. The first-order valence-electron chi connectivity index (χ1n) is 8.86. The van der Waals surface area contributed by atoms with Gasteiger partial charge in [-0.15, -0.1) is 0 Å². The van der Waals surface area contributed by atoms with Gasteiger partial charge in [0.1, 0.15) is 12.7 Å². The number of hydrogen-bond acceptors (Lipinski definition) is 5. The molecule has 1 aromatic rings. The molecule has 5 nitrogen and oxygen atoms in total. The van der Waals surface area contributed by atoms with Crippen molar-refractivity contribution in [2.75, 3.05) is 33.9 Å². The second kappa shape index (κ2) is 11.3. The fraction of sp³-hybridized carbons (Fsp3) is 0.684. The molecule has 0 aliphatic carbocycles. The van der Waals surface area contributed by atoms with Crippen LogP contribution in [0.5, 0.6) is 11.5 Å². The molecule has 0 radical (unpaired) electrons. The van der Waals surface area contributed by atoms with Crippen molar-refractivity contribution in [2.45, 2.75) is 52.3 Å². The summed E-state index contributed by atoms with van der Waals surface area (Å²) in [6.45, 7) is 9.06. The average molecular weight is 338 g/mol. The zero-order chi connectivity index (χ0) is 17.9. The Morgan fingerprint density at radius 3 is 2.62 bits per heavy atom. The summed E-state index contributed by atoms with van der Waals surface area (Å²) in [4.78, 5) is 2.09. The van der Waals surface area contributed by atoms with Gasteiger partial charge in [-0.25, -0.2) is 0 Å². The van der Waals surface area contributed by atoms with Gasteiger partial charge in [0.15, 0.2) is 11.5 Å². The normalized spacial score (nSPS) is 12.7. The Hall–Kier alpha value is -1.30.